The lowest BCUT2D eigenvalue weighted by atomic mass is 9.46. The molecular formula is C29H39FO5. The Kier molecular flexibility index (Phi) is 6.73. The number of aromatic carboxylic acids is 1. The molecule has 5 rings (SSSR count). The third-order valence-corrected chi connectivity index (χ3v) is 9.81. The fourth-order valence-electron chi connectivity index (χ4n) is 7.98. The number of carboxylic acid groups (broad SMARTS) is 1. The Labute approximate surface area is 208 Å². The Bertz CT molecular complexity index is 972. The molecule has 0 radical (unpaired) electrons. The molecule has 6 atom stereocenters. The van der Waals surface area contributed by atoms with E-state index in [-0.39, 0.29) is 34.9 Å². The zero-order valence-corrected chi connectivity index (χ0v) is 21.1. The van der Waals surface area contributed by atoms with Gasteiger partial charge in [-0.05, 0) is 74.3 Å². The number of halogens is 1. The summed E-state index contributed by atoms with van der Waals surface area (Å²) in [7, 11) is 0. The van der Waals surface area contributed by atoms with Crippen LogP contribution in [0.2, 0.25) is 0 Å². The molecule has 5 nitrogen and oxygen atoms in total. The van der Waals surface area contributed by atoms with Crippen LogP contribution >= 0.6 is 0 Å². The van der Waals surface area contributed by atoms with E-state index in [9.17, 15) is 14.3 Å². The van der Waals surface area contributed by atoms with Crippen molar-refractivity contribution in [1.82, 2.24) is 0 Å². The molecule has 1 aromatic rings. The molecule has 1 aromatic carbocycles. The molecule has 0 amide bonds. The Morgan fingerprint density at radius 3 is 2.71 bits per heavy atom. The van der Waals surface area contributed by atoms with E-state index in [2.05, 4.69) is 20.4 Å². The van der Waals surface area contributed by atoms with Gasteiger partial charge in [-0.2, -0.15) is 0 Å². The molecule has 1 saturated heterocycles. The fraction of sp³-hybridized carbons (Fsp3) is 0.690. The average molecular weight is 487 g/mol. The Morgan fingerprint density at radius 1 is 1.20 bits per heavy atom. The summed E-state index contributed by atoms with van der Waals surface area (Å²) in [6.45, 7) is 10.3. The summed E-state index contributed by atoms with van der Waals surface area (Å²) in [4.78, 5) is 11.5. The van der Waals surface area contributed by atoms with Crippen molar-refractivity contribution in [1.29, 1.82) is 0 Å². The minimum absolute atomic E-state index is 0.0268. The maximum Gasteiger partial charge on any atom is 0.342 e. The highest BCUT2D eigenvalue weighted by Gasteiger charge is 2.60. The predicted molar refractivity (Wildman–Crippen MR) is 131 cm³/mol. The minimum Gasteiger partial charge on any atom is -0.493 e. The number of carboxylic acids is 1. The Balaban J connectivity index is 1.29. The van der Waals surface area contributed by atoms with Crippen molar-refractivity contribution in [2.24, 2.45) is 28.6 Å². The summed E-state index contributed by atoms with van der Waals surface area (Å²) < 4.78 is 33.0. The molecule has 4 aliphatic rings. The lowest BCUT2D eigenvalue weighted by Gasteiger charge is -2.63. The Hall–Kier alpha value is -1.92. The maximum absolute atomic E-state index is 14.1. The van der Waals surface area contributed by atoms with Gasteiger partial charge in [-0.15, -0.1) is 0 Å². The van der Waals surface area contributed by atoms with Gasteiger partial charge >= 0.3 is 5.97 Å². The molecule has 1 aliphatic heterocycles. The van der Waals surface area contributed by atoms with Crippen molar-refractivity contribution >= 4 is 5.97 Å². The number of benzene rings is 1. The highest BCUT2D eigenvalue weighted by atomic mass is 19.1. The topological polar surface area (TPSA) is 65.0 Å². The summed E-state index contributed by atoms with van der Waals surface area (Å²) in [6.07, 6.45) is 10.1. The van der Waals surface area contributed by atoms with Gasteiger partial charge in [-0.25, -0.2) is 9.18 Å². The van der Waals surface area contributed by atoms with Crippen molar-refractivity contribution in [2.75, 3.05) is 13.2 Å². The summed E-state index contributed by atoms with van der Waals surface area (Å²) in [5, 5.41) is 9.40. The van der Waals surface area contributed by atoms with Crippen LogP contribution in [0.25, 0.3) is 0 Å². The first-order valence-corrected chi connectivity index (χ1v) is 13.3. The highest BCUT2D eigenvalue weighted by molar-refractivity contribution is 5.91. The number of rotatable bonds is 6. The van der Waals surface area contributed by atoms with Crippen LogP contribution in [-0.2, 0) is 9.47 Å². The lowest BCUT2D eigenvalue weighted by Crippen LogP contribution is -2.62. The van der Waals surface area contributed by atoms with E-state index in [0.29, 0.717) is 18.4 Å². The zero-order valence-electron chi connectivity index (χ0n) is 21.1. The van der Waals surface area contributed by atoms with Crippen LogP contribution in [0.15, 0.2) is 30.4 Å². The Morgan fingerprint density at radius 2 is 1.97 bits per heavy atom. The summed E-state index contributed by atoms with van der Waals surface area (Å²) in [6, 6.07) is 4.16. The van der Waals surface area contributed by atoms with Gasteiger partial charge in [0.2, 0.25) is 0 Å². The first-order valence-electron chi connectivity index (χ1n) is 13.3. The number of hydrogen-bond acceptors (Lipinski definition) is 4. The van der Waals surface area contributed by atoms with Crippen LogP contribution in [0.4, 0.5) is 4.39 Å². The first-order chi connectivity index (χ1) is 16.7. The fourth-order valence-corrected chi connectivity index (χ4v) is 7.98. The third-order valence-electron chi connectivity index (χ3n) is 9.81. The van der Waals surface area contributed by atoms with Gasteiger partial charge in [0.05, 0.1) is 19.3 Å². The van der Waals surface area contributed by atoms with E-state index in [1.54, 1.807) is 0 Å². The number of ether oxygens (including phenoxy) is 3. The maximum atomic E-state index is 14.1. The number of carbonyl (C=O) groups is 1. The van der Waals surface area contributed by atoms with Crippen LogP contribution in [0, 0.1) is 34.4 Å². The number of fused-ring (bicyclic) bond motifs is 3. The predicted octanol–water partition coefficient (Wildman–Crippen LogP) is 6.61. The highest BCUT2D eigenvalue weighted by Crippen LogP contribution is 2.63. The van der Waals surface area contributed by atoms with Crippen molar-refractivity contribution in [2.45, 2.75) is 84.0 Å². The van der Waals surface area contributed by atoms with Gasteiger partial charge in [0.15, 0.2) is 6.29 Å². The summed E-state index contributed by atoms with van der Waals surface area (Å²) in [5.41, 5.74) is 0.865. The van der Waals surface area contributed by atoms with Gasteiger partial charge in [0, 0.05) is 11.3 Å². The molecule has 0 spiro atoms. The molecule has 0 bridgehead atoms. The molecule has 1 N–H and O–H groups in total. The molecule has 0 aromatic heterocycles. The minimum atomic E-state index is -1.31. The van der Waals surface area contributed by atoms with Gasteiger partial charge in [-0.1, -0.05) is 44.9 Å². The van der Waals surface area contributed by atoms with Crippen LogP contribution in [0.1, 0.15) is 82.0 Å². The molecule has 3 saturated carbocycles. The second-order valence-corrected chi connectivity index (χ2v) is 11.8. The van der Waals surface area contributed by atoms with Crippen molar-refractivity contribution < 1.29 is 28.5 Å². The molecular weight excluding hydrogens is 447 g/mol. The van der Waals surface area contributed by atoms with E-state index < -0.39 is 17.3 Å². The van der Waals surface area contributed by atoms with Crippen molar-refractivity contribution in [3.63, 3.8) is 0 Å². The van der Waals surface area contributed by atoms with Gasteiger partial charge in [0.1, 0.15) is 17.1 Å². The monoisotopic (exact) mass is 486 g/mol. The molecule has 192 valence electrons. The zero-order chi connectivity index (χ0) is 24.8. The molecule has 4 fully saturated rings. The second kappa shape index (κ2) is 9.51. The van der Waals surface area contributed by atoms with Crippen LogP contribution in [0.5, 0.6) is 5.75 Å². The van der Waals surface area contributed by atoms with E-state index in [0.717, 1.165) is 44.8 Å². The largest absolute Gasteiger partial charge is 0.493 e. The molecule has 3 aliphatic carbocycles. The van der Waals surface area contributed by atoms with E-state index >= 15 is 0 Å². The smallest absolute Gasteiger partial charge is 0.342 e. The first kappa shape index (κ1) is 24.8. The standard InChI is InChI=1S/C29H39FO5/c1-18-11-12-23-28(2,20(18)14-16-33-22-10-6-9-21(30)25(22)26(31)32)15-13-24-29(23,3)17-34-27(35-24)19-7-4-5-8-19/h6,9-10,19-20,23-24,27H,1,4-5,7-8,11-17H2,2-3H3,(H,31,32)/t20-,23?,24-,27-,28+,29+/m1/s1. The van der Waals surface area contributed by atoms with E-state index in [4.69, 9.17) is 14.2 Å². The van der Waals surface area contributed by atoms with Gasteiger partial charge in [0.25, 0.3) is 0 Å². The third kappa shape index (κ3) is 4.31. The van der Waals surface area contributed by atoms with E-state index in [1.807, 2.05) is 0 Å². The van der Waals surface area contributed by atoms with Crippen molar-refractivity contribution in [3.05, 3.63) is 41.7 Å². The lowest BCUT2D eigenvalue weighted by molar-refractivity contribution is -0.316. The van der Waals surface area contributed by atoms with Crippen LogP contribution in [0.3, 0.4) is 0 Å². The number of allylic oxidation sites excluding steroid dienone is 1. The van der Waals surface area contributed by atoms with Gasteiger partial charge < -0.3 is 19.3 Å². The average Bonchev–Trinajstić information content (AvgIpc) is 3.35. The molecule has 1 unspecified atom stereocenters. The normalized spacial score (nSPS) is 37.5. The molecule has 35 heavy (non-hydrogen) atoms. The van der Waals surface area contributed by atoms with Gasteiger partial charge in [-0.3, -0.25) is 0 Å². The molecule has 1 heterocycles. The van der Waals surface area contributed by atoms with E-state index in [1.165, 1.54) is 43.4 Å². The van der Waals surface area contributed by atoms with Crippen LogP contribution in [-0.4, -0.2) is 36.7 Å². The van der Waals surface area contributed by atoms with Crippen molar-refractivity contribution in [3.8, 4) is 5.75 Å². The second-order valence-electron chi connectivity index (χ2n) is 11.8. The summed E-state index contributed by atoms with van der Waals surface area (Å²) >= 11 is 0. The van der Waals surface area contributed by atoms with Crippen LogP contribution < -0.4 is 4.74 Å². The quantitative estimate of drug-likeness (QED) is 0.458. The SMILES string of the molecule is C=C1CCC2[C@]3(C)CO[C@@H](C4CCCC4)O[C@@H]3CC[C@@]2(C)[C@@H]1CCOc1cccc(F)c1C(=O)O. The number of hydrogen-bond donors (Lipinski definition) is 1. The summed E-state index contributed by atoms with van der Waals surface area (Å²) in [5.74, 6) is -0.744. The molecule has 6 heteroatoms.